The second kappa shape index (κ2) is 6.04. The lowest BCUT2D eigenvalue weighted by atomic mass is 9.95. The highest BCUT2D eigenvalue weighted by Crippen LogP contribution is 2.23. The van der Waals surface area contributed by atoms with Gasteiger partial charge in [-0.2, -0.15) is 11.8 Å². The van der Waals surface area contributed by atoms with Gasteiger partial charge in [0.2, 0.25) is 11.8 Å². The van der Waals surface area contributed by atoms with E-state index in [-0.39, 0.29) is 6.54 Å². The van der Waals surface area contributed by atoms with Crippen molar-refractivity contribution in [2.24, 2.45) is 0 Å². The minimum Gasteiger partial charge on any atom is -0.277 e. The van der Waals surface area contributed by atoms with Crippen molar-refractivity contribution in [3.05, 3.63) is 35.6 Å². The van der Waals surface area contributed by atoms with Gasteiger partial charge in [0.15, 0.2) is 0 Å². The third kappa shape index (κ3) is 2.82. The number of nitrogens with one attached hydrogen (secondary N) is 1. The second-order valence-electron chi connectivity index (χ2n) is 4.26. The standard InChI is InChI=1S/C13H13FN2O3S/c1-20-7-6-16-12(18)10(11(17)15-13(16)19)8-2-4-9(14)5-3-8/h2-5,10H,6-7H2,1H3,(H,15,17,19). The van der Waals surface area contributed by atoms with Crippen molar-refractivity contribution in [1.29, 1.82) is 0 Å². The first-order chi connectivity index (χ1) is 9.54. The van der Waals surface area contributed by atoms with E-state index in [1.54, 1.807) is 0 Å². The van der Waals surface area contributed by atoms with E-state index in [0.717, 1.165) is 4.90 Å². The molecule has 0 aromatic heterocycles. The number of hydrogen-bond acceptors (Lipinski definition) is 4. The molecule has 1 saturated heterocycles. The molecule has 0 aliphatic carbocycles. The van der Waals surface area contributed by atoms with Crippen LogP contribution >= 0.6 is 11.8 Å². The van der Waals surface area contributed by atoms with Gasteiger partial charge < -0.3 is 0 Å². The molecule has 1 aliphatic heterocycles. The highest BCUT2D eigenvalue weighted by molar-refractivity contribution is 7.98. The maximum atomic E-state index is 12.9. The van der Waals surface area contributed by atoms with Gasteiger partial charge in [-0.1, -0.05) is 12.1 Å². The van der Waals surface area contributed by atoms with Crippen LogP contribution in [0, 0.1) is 5.82 Å². The van der Waals surface area contributed by atoms with E-state index in [1.807, 2.05) is 6.26 Å². The van der Waals surface area contributed by atoms with Crippen molar-refractivity contribution >= 4 is 29.6 Å². The Labute approximate surface area is 119 Å². The topological polar surface area (TPSA) is 66.5 Å². The molecule has 2 rings (SSSR count). The molecule has 106 valence electrons. The summed E-state index contributed by atoms with van der Waals surface area (Å²) in [6.07, 6.45) is 1.86. The van der Waals surface area contributed by atoms with Gasteiger partial charge in [0.05, 0.1) is 0 Å². The average Bonchev–Trinajstić information content (AvgIpc) is 2.40. The van der Waals surface area contributed by atoms with Crippen LogP contribution in [0.3, 0.4) is 0 Å². The lowest BCUT2D eigenvalue weighted by Crippen LogP contribution is -2.57. The van der Waals surface area contributed by atoms with E-state index in [2.05, 4.69) is 5.32 Å². The molecule has 0 radical (unpaired) electrons. The fourth-order valence-corrected chi connectivity index (χ4v) is 2.32. The van der Waals surface area contributed by atoms with Crippen LogP contribution in [0.2, 0.25) is 0 Å². The molecule has 1 heterocycles. The van der Waals surface area contributed by atoms with Crippen molar-refractivity contribution in [2.75, 3.05) is 18.6 Å². The molecule has 1 fully saturated rings. The smallest absolute Gasteiger partial charge is 0.277 e. The summed E-state index contributed by atoms with van der Waals surface area (Å²) >= 11 is 1.49. The Kier molecular flexibility index (Phi) is 4.39. The fourth-order valence-electron chi connectivity index (χ4n) is 1.96. The zero-order valence-electron chi connectivity index (χ0n) is 10.8. The largest absolute Gasteiger partial charge is 0.330 e. The third-order valence-corrected chi connectivity index (χ3v) is 3.56. The van der Waals surface area contributed by atoms with Gasteiger partial charge in [0.1, 0.15) is 11.7 Å². The molecule has 0 saturated carbocycles. The number of carbonyl (C=O) groups excluding carboxylic acids is 3. The Morgan fingerprint density at radius 3 is 2.50 bits per heavy atom. The Morgan fingerprint density at radius 1 is 1.25 bits per heavy atom. The lowest BCUT2D eigenvalue weighted by molar-refractivity contribution is -0.138. The van der Waals surface area contributed by atoms with Crippen LogP contribution in [0.4, 0.5) is 9.18 Å². The molecule has 5 nitrogen and oxygen atoms in total. The molecule has 7 heteroatoms. The predicted molar refractivity (Wildman–Crippen MR) is 72.8 cm³/mol. The number of barbiturate groups is 1. The van der Waals surface area contributed by atoms with E-state index >= 15 is 0 Å². The molecule has 0 bridgehead atoms. The maximum Gasteiger partial charge on any atom is 0.330 e. The molecule has 4 amide bonds. The summed E-state index contributed by atoms with van der Waals surface area (Å²) < 4.78 is 12.9. The summed E-state index contributed by atoms with van der Waals surface area (Å²) in [7, 11) is 0. The number of thioether (sulfide) groups is 1. The van der Waals surface area contributed by atoms with Crippen molar-refractivity contribution in [2.45, 2.75) is 5.92 Å². The normalized spacial score (nSPS) is 19.2. The highest BCUT2D eigenvalue weighted by Gasteiger charge is 2.40. The highest BCUT2D eigenvalue weighted by atomic mass is 32.2. The predicted octanol–water partition coefficient (Wildman–Crippen LogP) is 1.35. The number of rotatable bonds is 4. The Morgan fingerprint density at radius 2 is 1.90 bits per heavy atom. The first-order valence-electron chi connectivity index (χ1n) is 5.95. The molecular formula is C13H13FN2O3S. The van der Waals surface area contributed by atoms with Crippen LogP contribution < -0.4 is 5.32 Å². The van der Waals surface area contributed by atoms with Crippen LogP contribution in [-0.4, -0.2) is 41.3 Å². The van der Waals surface area contributed by atoms with Gasteiger partial charge in [-0.25, -0.2) is 9.18 Å². The fraction of sp³-hybridized carbons (Fsp3) is 0.308. The molecule has 1 atom stereocenters. The number of carbonyl (C=O) groups is 3. The number of benzene rings is 1. The van der Waals surface area contributed by atoms with Crippen LogP contribution in [0.25, 0.3) is 0 Å². The first-order valence-corrected chi connectivity index (χ1v) is 7.34. The molecular weight excluding hydrogens is 283 g/mol. The number of halogens is 1. The van der Waals surface area contributed by atoms with Crippen LogP contribution in [0.1, 0.15) is 11.5 Å². The van der Waals surface area contributed by atoms with Gasteiger partial charge in [-0.15, -0.1) is 0 Å². The summed E-state index contributed by atoms with van der Waals surface area (Å²) in [5.74, 6) is -2.21. The minimum absolute atomic E-state index is 0.233. The van der Waals surface area contributed by atoms with Gasteiger partial charge in [0.25, 0.3) is 0 Å². The summed E-state index contributed by atoms with van der Waals surface area (Å²) in [5.41, 5.74) is 0.371. The molecule has 20 heavy (non-hydrogen) atoms. The first kappa shape index (κ1) is 14.5. The zero-order valence-corrected chi connectivity index (χ0v) is 11.6. The molecule has 1 aromatic carbocycles. The number of nitrogens with zero attached hydrogens (tertiary/aromatic N) is 1. The number of hydrogen-bond donors (Lipinski definition) is 1. The lowest BCUT2D eigenvalue weighted by Gasteiger charge is -2.30. The average molecular weight is 296 g/mol. The summed E-state index contributed by atoms with van der Waals surface area (Å²) in [5, 5.41) is 2.16. The van der Waals surface area contributed by atoms with Gasteiger partial charge >= 0.3 is 6.03 Å². The molecule has 1 aromatic rings. The van der Waals surface area contributed by atoms with Crippen LogP contribution in [0.5, 0.6) is 0 Å². The monoisotopic (exact) mass is 296 g/mol. The quantitative estimate of drug-likeness (QED) is 0.852. The third-order valence-electron chi connectivity index (χ3n) is 2.97. The van der Waals surface area contributed by atoms with Gasteiger partial charge in [0, 0.05) is 12.3 Å². The summed E-state index contributed by atoms with van der Waals surface area (Å²) in [4.78, 5) is 36.8. The van der Waals surface area contributed by atoms with Crippen LogP contribution in [0.15, 0.2) is 24.3 Å². The summed E-state index contributed by atoms with van der Waals surface area (Å²) in [6, 6.07) is 4.41. The zero-order chi connectivity index (χ0) is 14.7. The molecule has 1 N–H and O–H groups in total. The van der Waals surface area contributed by atoms with Crippen molar-refractivity contribution in [3.8, 4) is 0 Å². The Hall–Kier alpha value is -1.89. The van der Waals surface area contributed by atoms with E-state index in [1.165, 1.54) is 36.0 Å². The maximum absolute atomic E-state index is 12.9. The van der Waals surface area contributed by atoms with Crippen molar-refractivity contribution in [3.63, 3.8) is 0 Å². The van der Waals surface area contributed by atoms with Crippen LogP contribution in [-0.2, 0) is 9.59 Å². The van der Waals surface area contributed by atoms with Gasteiger partial charge in [-0.3, -0.25) is 19.8 Å². The molecule has 1 aliphatic rings. The van der Waals surface area contributed by atoms with Crippen molar-refractivity contribution in [1.82, 2.24) is 10.2 Å². The molecule has 1 unspecified atom stereocenters. The number of urea groups is 1. The van der Waals surface area contributed by atoms with E-state index in [0.29, 0.717) is 11.3 Å². The van der Waals surface area contributed by atoms with E-state index < -0.39 is 29.6 Å². The Bertz CT molecular complexity index is 547. The number of imide groups is 2. The number of amides is 4. The molecule has 0 spiro atoms. The van der Waals surface area contributed by atoms with Gasteiger partial charge in [-0.05, 0) is 24.0 Å². The van der Waals surface area contributed by atoms with Crippen molar-refractivity contribution < 1.29 is 18.8 Å². The minimum atomic E-state index is -1.10. The SMILES string of the molecule is CSCCN1C(=O)NC(=O)C(c2ccc(F)cc2)C1=O. The van der Waals surface area contributed by atoms with E-state index in [4.69, 9.17) is 0 Å². The second-order valence-corrected chi connectivity index (χ2v) is 5.25. The van der Waals surface area contributed by atoms with E-state index in [9.17, 15) is 18.8 Å². The Balaban J connectivity index is 2.27. The summed E-state index contributed by atoms with van der Waals surface area (Å²) in [6.45, 7) is 0.233.